The molecule has 0 radical (unpaired) electrons. The van der Waals surface area contributed by atoms with E-state index in [9.17, 15) is 13.2 Å². The van der Waals surface area contributed by atoms with E-state index in [1.165, 1.54) is 28.6 Å². The molecular weight excluding hydrogens is 826 g/mol. The predicted octanol–water partition coefficient (Wildman–Crippen LogP) is 11.7. The van der Waals surface area contributed by atoms with E-state index in [2.05, 4.69) is 81.8 Å². The number of methoxy groups -OCH3 is 1. The van der Waals surface area contributed by atoms with Crippen LogP contribution in [0.5, 0.6) is 0 Å². The van der Waals surface area contributed by atoms with Crippen LogP contribution >= 0.6 is 107 Å². The number of benzene rings is 3. The Bertz CT molecular complexity index is 1490. The molecule has 4 rings (SSSR count). The van der Waals surface area contributed by atoms with Gasteiger partial charge in [-0.15, -0.1) is 38.1 Å². The number of rotatable bonds is 4. The molecule has 0 bridgehead atoms. The van der Waals surface area contributed by atoms with Crippen LogP contribution in [-0.4, -0.2) is 21.5 Å². The molecule has 15 heteroatoms. The van der Waals surface area contributed by atoms with Crippen LogP contribution in [0.15, 0.2) is 92.0 Å². The van der Waals surface area contributed by atoms with Crippen LogP contribution in [0.4, 0.5) is 0 Å². The molecule has 0 fully saturated rings. The number of carbonyl (C=O) groups excluding carboxylic acids is 1. The third kappa shape index (κ3) is 15.9. The van der Waals surface area contributed by atoms with Crippen molar-refractivity contribution in [2.24, 2.45) is 0 Å². The molecule has 4 unspecified atom stereocenters. The van der Waals surface area contributed by atoms with Gasteiger partial charge in [-0.3, -0.25) is 0 Å². The molecule has 0 amide bonds. The lowest BCUT2D eigenvalue weighted by molar-refractivity contribution is 0.0600. The van der Waals surface area contributed by atoms with Gasteiger partial charge >= 0.3 is 5.97 Å². The normalized spacial score (nSPS) is 10.6. The van der Waals surface area contributed by atoms with Crippen LogP contribution in [0.3, 0.4) is 0 Å². The summed E-state index contributed by atoms with van der Waals surface area (Å²) in [6, 6.07) is 21.4. The maximum Gasteiger partial charge on any atom is 0.337 e. The molecule has 4 atom stereocenters. The van der Waals surface area contributed by atoms with Crippen LogP contribution < -0.4 is 0 Å². The number of hydrogen-bond acceptors (Lipinski definition) is 5. The van der Waals surface area contributed by atoms with Crippen molar-refractivity contribution in [2.75, 3.05) is 7.11 Å². The lowest BCUT2D eigenvalue weighted by Crippen LogP contribution is -2.00. The van der Waals surface area contributed by atoms with Crippen molar-refractivity contribution in [3.05, 3.63) is 108 Å². The highest BCUT2D eigenvalue weighted by Gasteiger charge is 2.10. The van der Waals surface area contributed by atoms with Crippen molar-refractivity contribution in [3.8, 4) is 11.1 Å². The van der Waals surface area contributed by atoms with E-state index >= 15 is 0 Å². The Labute approximate surface area is 282 Å². The van der Waals surface area contributed by atoms with E-state index in [0.29, 0.717) is 10.6 Å². The summed E-state index contributed by atoms with van der Waals surface area (Å²) in [5.41, 5.74) is 3.33. The number of esters is 1. The zero-order chi connectivity index (χ0) is 31.2. The summed E-state index contributed by atoms with van der Waals surface area (Å²) in [6.07, 6.45) is 0. The monoisotopic (exact) mass is 852 g/mol. The average molecular weight is 855 g/mol. The smallest absolute Gasteiger partial charge is 0.337 e. The molecule has 0 aliphatic rings. The fraction of sp³-hybridized carbons (Fsp3) is 0.115. The molecular formula is C26H29Br2Cl2O4P5S2. The van der Waals surface area contributed by atoms with Gasteiger partial charge in [-0.25, -0.2) is 13.2 Å². The minimum Gasteiger partial charge on any atom is -0.465 e. The second kappa shape index (κ2) is 20.5. The maximum absolute atomic E-state index is 11.4. The molecule has 0 aliphatic carbocycles. The quantitative estimate of drug-likeness (QED) is 0.117. The van der Waals surface area contributed by atoms with Gasteiger partial charge in [-0.1, -0.05) is 71.4 Å². The van der Waals surface area contributed by atoms with Gasteiger partial charge in [-0.05, 0) is 90.2 Å². The molecule has 0 saturated carbocycles. The first-order valence-electron chi connectivity index (χ1n) is 11.3. The summed E-state index contributed by atoms with van der Waals surface area (Å²) in [7, 11) is 12.1. The summed E-state index contributed by atoms with van der Waals surface area (Å²) in [6.45, 7) is 4.20. The van der Waals surface area contributed by atoms with E-state index in [4.69, 9.17) is 22.3 Å². The Morgan fingerprint density at radius 1 is 1.00 bits per heavy atom. The number of aryl methyl sites for hydroxylation is 2. The Kier molecular flexibility index (Phi) is 19.7. The van der Waals surface area contributed by atoms with Gasteiger partial charge in [0.1, 0.15) is 0 Å². The molecule has 3 aromatic carbocycles. The summed E-state index contributed by atoms with van der Waals surface area (Å²) in [5, 5.41) is 2.59. The van der Waals surface area contributed by atoms with Crippen molar-refractivity contribution < 1.29 is 17.9 Å². The zero-order valence-electron chi connectivity index (χ0n) is 22.1. The summed E-state index contributed by atoms with van der Waals surface area (Å²) in [5.74, 6) is -0.391. The van der Waals surface area contributed by atoms with Crippen molar-refractivity contribution >= 4 is 122 Å². The van der Waals surface area contributed by atoms with Gasteiger partial charge in [0.05, 0.1) is 17.6 Å². The van der Waals surface area contributed by atoms with Crippen molar-refractivity contribution in [1.29, 1.82) is 0 Å². The van der Waals surface area contributed by atoms with Gasteiger partial charge in [0.2, 0.25) is 0 Å². The van der Waals surface area contributed by atoms with Crippen molar-refractivity contribution in [1.82, 2.24) is 0 Å². The summed E-state index contributed by atoms with van der Waals surface area (Å²) >= 11 is 14.7. The highest BCUT2D eigenvalue weighted by Crippen LogP contribution is 2.71. The molecule has 0 N–H and O–H groups in total. The van der Waals surface area contributed by atoms with Crippen molar-refractivity contribution in [2.45, 2.75) is 18.7 Å². The molecule has 41 heavy (non-hydrogen) atoms. The second-order valence-corrected chi connectivity index (χ2v) is 27.6. The van der Waals surface area contributed by atoms with Crippen LogP contribution in [0, 0.1) is 13.8 Å². The molecule has 4 aromatic rings. The topological polar surface area (TPSA) is 60.4 Å². The van der Waals surface area contributed by atoms with E-state index in [1.807, 2.05) is 37.3 Å². The summed E-state index contributed by atoms with van der Waals surface area (Å²) < 4.78 is 28.3. The molecule has 222 valence electrons. The van der Waals surface area contributed by atoms with Crippen LogP contribution in [0.25, 0.3) is 11.1 Å². The minimum absolute atomic E-state index is 0.143. The zero-order valence-corrected chi connectivity index (χ0v) is 33.8. The fourth-order valence-electron chi connectivity index (χ4n) is 2.72. The number of ether oxygens (including phenoxy) is 1. The minimum atomic E-state index is -3.55. The van der Waals surface area contributed by atoms with Crippen LogP contribution in [0.2, 0.25) is 5.02 Å². The van der Waals surface area contributed by atoms with E-state index < -0.39 is 15.0 Å². The fourth-order valence-corrected chi connectivity index (χ4v) is 5.36. The van der Waals surface area contributed by atoms with E-state index in [1.54, 1.807) is 35.6 Å². The molecule has 1 aromatic heterocycles. The Morgan fingerprint density at radius 3 is 2.00 bits per heavy atom. The third-order valence-corrected chi connectivity index (χ3v) is 20.8. The van der Waals surface area contributed by atoms with Gasteiger partial charge < -0.3 is 4.74 Å². The Hall–Kier alpha value is 0.470. The highest BCUT2D eigenvalue weighted by molar-refractivity contribution is 9.10. The van der Waals surface area contributed by atoms with E-state index in [0.717, 1.165) is 29.1 Å². The largest absolute Gasteiger partial charge is 0.465 e. The van der Waals surface area contributed by atoms with Gasteiger partial charge in [0.25, 0.3) is 9.05 Å². The van der Waals surface area contributed by atoms with Crippen molar-refractivity contribution in [3.63, 3.8) is 0 Å². The number of hydrogen-bond donors (Lipinski definition) is 0. The number of thiophene rings is 1. The Balaban J connectivity index is 0.000000309. The first-order valence-corrected chi connectivity index (χ1v) is 24.7. The van der Waals surface area contributed by atoms with Crippen LogP contribution in [-0.2, 0) is 13.8 Å². The van der Waals surface area contributed by atoms with Gasteiger partial charge in [0.15, 0.2) is 0 Å². The predicted molar refractivity (Wildman–Crippen MR) is 201 cm³/mol. The second-order valence-electron chi connectivity index (χ2n) is 7.81. The van der Waals surface area contributed by atoms with Gasteiger partial charge in [-0.2, -0.15) is 0 Å². The number of halogens is 4. The summed E-state index contributed by atoms with van der Waals surface area (Å²) in [4.78, 5) is 12.9. The van der Waals surface area contributed by atoms with Gasteiger partial charge in [0, 0.05) is 35.1 Å². The molecule has 0 spiro atoms. The van der Waals surface area contributed by atoms with Crippen LogP contribution in [0.1, 0.15) is 20.8 Å². The van der Waals surface area contributed by atoms with E-state index in [-0.39, 0.29) is 11.9 Å². The average Bonchev–Trinajstić information content (AvgIpc) is 3.30. The molecule has 1 heterocycles. The first kappa shape index (κ1) is 39.5. The number of carbonyl (C=O) groups is 1. The lowest BCUT2D eigenvalue weighted by Gasteiger charge is -2.07. The molecule has 0 aliphatic heterocycles. The molecule has 4 nitrogen and oxygen atoms in total. The Morgan fingerprint density at radius 2 is 1.61 bits per heavy atom. The highest BCUT2D eigenvalue weighted by atomic mass is 79.9. The standard InChI is InChI=1S/C14H10BrClO2.C7H7ClO2S.C5H5BrS.H7P5/c1-18-14(17)10-5-6-12(13(16)8-10)9-3-2-4-11(15)7-9;1-6-2-4-7(5-3-6)11(8,9)10;1-4-5(6)2-3-7-4;1-4-5(2)3/h2-8H,1H3;2-5H,1H3;2-3H,1H3;4H,1-3H2. The molecule has 0 saturated heterocycles. The first-order chi connectivity index (χ1) is 19.2. The third-order valence-electron chi connectivity index (χ3n) is 4.77. The SMILES string of the molecule is COC(=O)c1ccc(-c2cccc(Br)c2)c(Cl)c1.Cc1ccc(S(=O)(=O)Cl)cc1.Cc1sccc1Br.PPP(P)P. The maximum atomic E-state index is 11.4. The lowest BCUT2D eigenvalue weighted by atomic mass is 10.0.